The van der Waals surface area contributed by atoms with Gasteiger partial charge in [-0.3, -0.25) is 4.90 Å². The monoisotopic (exact) mass is 278 g/mol. The van der Waals surface area contributed by atoms with Crippen molar-refractivity contribution in [3.8, 4) is 0 Å². The van der Waals surface area contributed by atoms with Crippen LogP contribution in [0.25, 0.3) is 0 Å². The van der Waals surface area contributed by atoms with E-state index in [4.69, 9.17) is 16.2 Å². The second-order valence-electron chi connectivity index (χ2n) is 4.19. The summed E-state index contributed by atoms with van der Waals surface area (Å²) in [5.74, 6) is 0.0169. The first kappa shape index (κ1) is 16.8. The highest BCUT2D eigenvalue weighted by Gasteiger charge is 2.27. The van der Waals surface area contributed by atoms with Gasteiger partial charge in [-0.15, -0.1) is 12.4 Å². The van der Waals surface area contributed by atoms with Gasteiger partial charge in [0.2, 0.25) is 0 Å². The molecule has 0 aromatic rings. The lowest BCUT2D eigenvalue weighted by Crippen LogP contribution is -2.44. The normalized spacial score (nSPS) is 18.7. The highest BCUT2D eigenvalue weighted by Crippen LogP contribution is 2.18. The third kappa shape index (κ3) is 5.44. The molecule has 4 N–H and O–H groups in total. The second-order valence-corrected chi connectivity index (χ2v) is 4.19. The summed E-state index contributed by atoms with van der Waals surface area (Å²) in [6.45, 7) is 3.17. The molecule has 1 heterocycles. The van der Waals surface area contributed by atoms with E-state index in [2.05, 4.69) is 11.9 Å². The fourth-order valence-corrected chi connectivity index (χ4v) is 1.82. The number of carbonyl (C=O) groups is 1. The van der Waals surface area contributed by atoms with Gasteiger partial charge in [0.25, 0.3) is 0 Å². The highest BCUT2D eigenvalue weighted by atomic mass is 35.5. The van der Waals surface area contributed by atoms with Crippen molar-refractivity contribution in [3.05, 3.63) is 0 Å². The zero-order valence-electron chi connectivity index (χ0n) is 10.8. The number of likely N-dealkylation sites (tertiary alicyclic amines) is 1. The molecule has 1 saturated heterocycles. The van der Waals surface area contributed by atoms with E-state index in [1.54, 1.807) is 4.90 Å². The highest BCUT2D eigenvalue weighted by molar-refractivity contribution is 5.85. The number of hydrogen-bond donors (Lipinski definition) is 2. The Morgan fingerprint density at radius 1 is 1.44 bits per heavy atom. The molecule has 1 atom stereocenters. The Morgan fingerprint density at radius 2 is 2.17 bits per heavy atom. The largest absolute Gasteiger partial charge is 0.449 e. The van der Waals surface area contributed by atoms with Crippen molar-refractivity contribution in [1.29, 1.82) is 0 Å². The molecule has 1 aliphatic heterocycles. The van der Waals surface area contributed by atoms with Gasteiger partial charge in [0.1, 0.15) is 6.17 Å². The minimum absolute atomic E-state index is 0. The van der Waals surface area contributed by atoms with Crippen LogP contribution in [0.4, 0.5) is 4.79 Å². The molecule has 18 heavy (non-hydrogen) atoms. The first-order valence-corrected chi connectivity index (χ1v) is 6.17. The lowest BCUT2D eigenvalue weighted by atomic mass is 10.1. The molecular formula is C11H23ClN4O2. The number of halogens is 1. The van der Waals surface area contributed by atoms with E-state index in [9.17, 15) is 4.79 Å². The Bertz CT molecular complexity index is 282. The molecule has 1 unspecified atom stereocenters. The Labute approximate surface area is 114 Å². The number of hydrogen-bond acceptors (Lipinski definition) is 3. The Hall–Kier alpha value is -1.17. The van der Waals surface area contributed by atoms with Gasteiger partial charge in [-0.25, -0.2) is 9.79 Å². The predicted octanol–water partition coefficient (Wildman–Crippen LogP) is 1.43. The number of unbranched alkanes of at least 4 members (excludes halogenated alkanes) is 1. The fraction of sp³-hybridized carbons (Fsp3) is 0.818. The van der Waals surface area contributed by atoms with Gasteiger partial charge in [0, 0.05) is 6.54 Å². The van der Waals surface area contributed by atoms with Crippen LogP contribution in [0.1, 0.15) is 39.0 Å². The Balaban J connectivity index is 0.00000289. The zero-order valence-corrected chi connectivity index (χ0v) is 11.6. The van der Waals surface area contributed by atoms with Crippen LogP contribution in [0.15, 0.2) is 4.99 Å². The summed E-state index contributed by atoms with van der Waals surface area (Å²) in [5.41, 5.74) is 10.7. The van der Waals surface area contributed by atoms with Gasteiger partial charge in [-0.2, -0.15) is 0 Å². The van der Waals surface area contributed by atoms with Crippen molar-refractivity contribution < 1.29 is 9.53 Å². The third-order valence-corrected chi connectivity index (χ3v) is 2.73. The molecule has 1 aliphatic rings. The number of nitrogens with two attached hydrogens (primary N) is 2. The summed E-state index contributed by atoms with van der Waals surface area (Å²) in [7, 11) is 0. The van der Waals surface area contributed by atoms with Crippen LogP contribution >= 0.6 is 12.4 Å². The van der Waals surface area contributed by atoms with E-state index < -0.39 is 0 Å². The third-order valence-electron chi connectivity index (χ3n) is 2.73. The maximum Gasteiger partial charge on any atom is 0.411 e. The minimum atomic E-state index is -0.312. The summed E-state index contributed by atoms with van der Waals surface area (Å²) < 4.78 is 5.17. The molecule has 1 amide bonds. The van der Waals surface area contributed by atoms with Gasteiger partial charge < -0.3 is 16.2 Å². The van der Waals surface area contributed by atoms with E-state index in [1.165, 1.54) is 0 Å². The van der Waals surface area contributed by atoms with E-state index in [0.717, 1.165) is 32.1 Å². The van der Waals surface area contributed by atoms with Crippen LogP contribution < -0.4 is 11.5 Å². The summed E-state index contributed by atoms with van der Waals surface area (Å²) in [6, 6.07) is 0. The van der Waals surface area contributed by atoms with Crippen molar-refractivity contribution in [3.63, 3.8) is 0 Å². The van der Waals surface area contributed by atoms with Crippen LogP contribution in [-0.4, -0.2) is 36.3 Å². The molecule has 0 saturated carbocycles. The van der Waals surface area contributed by atoms with Crippen LogP contribution in [0.3, 0.4) is 0 Å². The van der Waals surface area contributed by atoms with Crippen LogP contribution in [-0.2, 0) is 4.74 Å². The average molecular weight is 279 g/mol. The maximum absolute atomic E-state index is 11.8. The average Bonchev–Trinajstić information content (AvgIpc) is 2.29. The molecule has 7 heteroatoms. The summed E-state index contributed by atoms with van der Waals surface area (Å²) >= 11 is 0. The summed E-state index contributed by atoms with van der Waals surface area (Å²) in [5, 5.41) is 0. The number of ether oxygens (including phenoxy) is 1. The number of amides is 1. The molecule has 0 aromatic heterocycles. The second kappa shape index (κ2) is 8.85. The molecule has 1 rings (SSSR count). The van der Waals surface area contributed by atoms with E-state index in [-0.39, 0.29) is 30.6 Å². The fourth-order valence-electron chi connectivity index (χ4n) is 1.82. The van der Waals surface area contributed by atoms with Gasteiger partial charge in [-0.05, 0) is 25.7 Å². The number of nitrogens with zero attached hydrogens (tertiary/aromatic N) is 2. The SMILES string of the molecule is CCCCOC(=O)N1CCCCC1N=C(N)N.Cl. The van der Waals surface area contributed by atoms with Gasteiger partial charge >= 0.3 is 6.09 Å². The standard InChI is InChI=1S/C11H22N4O2.ClH/c1-2-3-8-17-11(16)15-7-5-4-6-9(15)14-10(12)13;/h9H,2-8H2,1H3,(H4,12,13,14);1H. The topological polar surface area (TPSA) is 93.9 Å². The molecule has 0 aromatic carbocycles. The first-order valence-electron chi connectivity index (χ1n) is 6.17. The van der Waals surface area contributed by atoms with Crippen LogP contribution in [0.5, 0.6) is 0 Å². The molecule has 6 nitrogen and oxygen atoms in total. The molecule has 1 fully saturated rings. The lowest BCUT2D eigenvalue weighted by molar-refractivity contribution is 0.0743. The van der Waals surface area contributed by atoms with Crippen molar-refractivity contribution in [2.24, 2.45) is 16.5 Å². The Morgan fingerprint density at radius 3 is 2.78 bits per heavy atom. The molecule has 106 valence electrons. The maximum atomic E-state index is 11.8. The number of piperidine rings is 1. The van der Waals surface area contributed by atoms with E-state index >= 15 is 0 Å². The smallest absolute Gasteiger partial charge is 0.411 e. The van der Waals surface area contributed by atoms with Crippen molar-refractivity contribution in [1.82, 2.24) is 4.90 Å². The van der Waals surface area contributed by atoms with Gasteiger partial charge in [0.05, 0.1) is 6.61 Å². The Kier molecular flexibility index (Phi) is 8.28. The quantitative estimate of drug-likeness (QED) is 0.462. The van der Waals surface area contributed by atoms with E-state index in [0.29, 0.717) is 13.2 Å². The number of guanidine groups is 1. The van der Waals surface area contributed by atoms with Gasteiger partial charge in [0.15, 0.2) is 5.96 Å². The molecule has 0 aliphatic carbocycles. The van der Waals surface area contributed by atoms with Crippen molar-refractivity contribution in [2.45, 2.75) is 45.2 Å². The summed E-state index contributed by atoms with van der Waals surface area (Å²) in [6.07, 6.45) is 4.10. The molecular weight excluding hydrogens is 256 g/mol. The number of carbonyl (C=O) groups excluding carboxylic acids is 1. The number of aliphatic imine (C=N–C) groups is 1. The number of rotatable bonds is 4. The molecule has 0 spiro atoms. The van der Waals surface area contributed by atoms with Crippen LogP contribution in [0, 0.1) is 0 Å². The van der Waals surface area contributed by atoms with Crippen LogP contribution in [0.2, 0.25) is 0 Å². The zero-order chi connectivity index (χ0) is 12.7. The van der Waals surface area contributed by atoms with Gasteiger partial charge in [-0.1, -0.05) is 13.3 Å². The predicted molar refractivity (Wildman–Crippen MR) is 73.7 cm³/mol. The van der Waals surface area contributed by atoms with Crippen molar-refractivity contribution in [2.75, 3.05) is 13.2 Å². The lowest BCUT2D eigenvalue weighted by Gasteiger charge is -2.32. The minimum Gasteiger partial charge on any atom is -0.449 e. The first-order chi connectivity index (χ1) is 8.15. The molecule has 0 radical (unpaired) electrons. The van der Waals surface area contributed by atoms with E-state index in [1.807, 2.05) is 0 Å². The molecule has 0 bridgehead atoms. The van der Waals surface area contributed by atoms with Crippen molar-refractivity contribution >= 4 is 24.5 Å². The summed E-state index contributed by atoms with van der Waals surface area (Å²) in [4.78, 5) is 17.5.